The average Bonchev–Trinajstić information content (AvgIpc) is 3.07. The molecule has 3 aromatic carbocycles. The molecule has 132 valence electrons. The summed E-state index contributed by atoms with van der Waals surface area (Å²) in [5.41, 5.74) is 7.02. The van der Waals surface area contributed by atoms with Gasteiger partial charge in [0.2, 0.25) is 0 Å². The Labute approximate surface area is 153 Å². The molecule has 0 saturated carbocycles. The van der Waals surface area contributed by atoms with Gasteiger partial charge in [-0.1, -0.05) is 42.0 Å². The van der Waals surface area contributed by atoms with Gasteiger partial charge in [0.1, 0.15) is 5.75 Å². The minimum absolute atomic E-state index is 0.303. The molecule has 0 saturated heterocycles. The lowest BCUT2D eigenvalue weighted by atomic mass is 9.95. The molecule has 0 aliphatic carbocycles. The zero-order valence-electron chi connectivity index (χ0n) is 15.6. The first kappa shape index (κ1) is 16.8. The first-order valence-electron chi connectivity index (χ1n) is 8.88. The molecule has 0 amide bonds. The van der Waals surface area contributed by atoms with E-state index in [-0.39, 0.29) is 5.97 Å². The molecular weight excluding hydrogens is 324 g/mol. The van der Waals surface area contributed by atoms with Crippen LogP contribution in [0, 0.1) is 27.7 Å². The quantitative estimate of drug-likeness (QED) is 0.465. The number of aryl methyl sites for hydroxylation is 4. The fourth-order valence-corrected chi connectivity index (χ4v) is 4.06. The third-order valence-corrected chi connectivity index (χ3v) is 5.24. The monoisotopic (exact) mass is 346 g/mol. The molecule has 0 bridgehead atoms. The maximum absolute atomic E-state index is 13.0. The second-order valence-corrected chi connectivity index (χ2v) is 7.11. The van der Waals surface area contributed by atoms with Crippen molar-refractivity contribution in [3.63, 3.8) is 0 Å². The Morgan fingerprint density at radius 1 is 0.923 bits per heavy atom. The number of ether oxygens (including phenoxy) is 2. The van der Waals surface area contributed by atoms with Gasteiger partial charge in [-0.15, -0.1) is 0 Å². The molecule has 1 aliphatic heterocycles. The molecule has 3 aromatic rings. The van der Waals surface area contributed by atoms with Crippen molar-refractivity contribution in [2.24, 2.45) is 0 Å². The van der Waals surface area contributed by atoms with Gasteiger partial charge in [0, 0.05) is 10.9 Å². The smallest absolute Gasteiger partial charge is 0.344 e. The van der Waals surface area contributed by atoms with Crippen molar-refractivity contribution >= 4 is 16.7 Å². The molecule has 0 unspecified atom stereocenters. The number of carbonyl (C=O) groups is 1. The standard InChI is InChI=1S/C23H22O3/c1-13-9-14(2)21(15(3)10-13)23(24)26-22-18-8-6-5-7-17(18)16(4)19-11-25-12-20(19)22/h5-10H,11-12H2,1-4H3. The predicted molar refractivity (Wildman–Crippen MR) is 103 cm³/mol. The van der Waals surface area contributed by atoms with Gasteiger partial charge in [0.15, 0.2) is 0 Å². The Hall–Kier alpha value is -2.65. The number of fused-ring (bicyclic) bond motifs is 2. The topological polar surface area (TPSA) is 35.5 Å². The summed E-state index contributed by atoms with van der Waals surface area (Å²) in [6.07, 6.45) is 0. The van der Waals surface area contributed by atoms with Crippen molar-refractivity contribution in [2.45, 2.75) is 40.9 Å². The summed E-state index contributed by atoms with van der Waals surface area (Å²) < 4.78 is 11.7. The SMILES string of the molecule is Cc1cc(C)c(C(=O)Oc2c3c(c(C)c4ccccc24)COC3)c(C)c1. The molecule has 0 spiro atoms. The number of hydrogen-bond acceptors (Lipinski definition) is 3. The summed E-state index contributed by atoms with van der Waals surface area (Å²) in [5.74, 6) is 0.339. The van der Waals surface area contributed by atoms with Crippen LogP contribution >= 0.6 is 0 Å². The van der Waals surface area contributed by atoms with Gasteiger partial charge in [0.05, 0.1) is 18.8 Å². The Morgan fingerprint density at radius 3 is 2.23 bits per heavy atom. The van der Waals surface area contributed by atoms with Gasteiger partial charge >= 0.3 is 5.97 Å². The lowest BCUT2D eigenvalue weighted by Gasteiger charge is -2.16. The zero-order valence-corrected chi connectivity index (χ0v) is 15.6. The number of rotatable bonds is 2. The van der Waals surface area contributed by atoms with E-state index in [1.165, 1.54) is 5.56 Å². The van der Waals surface area contributed by atoms with E-state index >= 15 is 0 Å². The molecule has 1 heterocycles. The summed E-state index contributed by atoms with van der Waals surface area (Å²) in [5, 5.41) is 2.07. The third-order valence-electron chi connectivity index (χ3n) is 5.24. The van der Waals surface area contributed by atoms with Gasteiger partial charge in [-0.3, -0.25) is 0 Å². The molecule has 0 radical (unpaired) electrons. The van der Waals surface area contributed by atoms with Crippen LogP contribution in [0.3, 0.4) is 0 Å². The molecular formula is C23H22O3. The summed E-state index contributed by atoms with van der Waals surface area (Å²) in [6, 6.07) is 12.1. The van der Waals surface area contributed by atoms with Crippen molar-refractivity contribution in [1.29, 1.82) is 0 Å². The minimum atomic E-state index is -0.303. The summed E-state index contributed by atoms with van der Waals surface area (Å²) in [7, 11) is 0. The number of carbonyl (C=O) groups excluding carboxylic acids is 1. The van der Waals surface area contributed by atoms with Crippen LogP contribution in [-0.2, 0) is 18.0 Å². The Balaban J connectivity index is 1.86. The largest absolute Gasteiger partial charge is 0.422 e. The van der Waals surface area contributed by atoms with E-state index in [1.54, 1.807) is 0 Å². The van der Waals surface area contributed by atoms with E-state index in [0.29, 0.717) is 24.5 Å². The Kier molecular flexibility index (Phi) is 4.04. The Morgan fingerprint density at radius 2 is 1.54 bits per heavy atom. The van der Waals surface area contributed by atoms with Crippen LogP contribution in [0.15, 0.2) is 36.4 Å². The highest BCUT2D eigenvalue weighted by molar-refractivity contribution is 5.99. The fraction of sp³-hybridized carbons (Fsp3) is 0.261. The molecule has 4 rings (SSSR count). The molecule has 3 nitrogen and oxygen atoms in total. The van der Waals surface area contributed by atoms with Crippen LogP contribution in [0.4, 0.5) is 0 Å². The fourth-order valence-electron chi connectivity index (χ4n) is 4.06. The second-order valence-electron chi connectivity index (χ2n) is 7.11. The van der Waals surface area contributed by atoms with Gasteiger partial charge in [-0.25, -0.2) is 4.79 Å². The van der Waals surface area contributed by atoms with E-state index < -0.39 is 0 Å². The molecule has 0 N–H and O–H groups in total. The van der Waals surface area contributed by atoms with Gasteiger partial charge in [-0.05, 0) is 55.3 Å². The highest BCUT2D eigenvalue weighted by Gasteiger charge is 2.25. The van der Waals surface area contributed by atoms with Crippen molar-refractivity contribution in [2.75, 3.05) is 0 Å². The molecule has 0 atom stereocenters. The molecule has 0 fully saturated rings. The molecule has 3 heteroatoms. The van der Waals surface area contributed by atoms with E-state index in [2.05, 4.69) is 13.0 Å². The van der Waals surface area contributed by atoms with E-state index in [9.17, 15) is 4.79 Å². The molecule has 1 aliphatic rings. The average molecular weight is 346 g/mol. The van der Waals surface area contributed by atoms with Crippen molar-refractivity contribution < 1.29 is 14.3 Å². The van der Waals surface area contributed by atoms with Crippen molar-refractivity contribution in [3.8, 4) is 5.75 Å². The van der Waals surface area contributed by atoms with Crippen LogP contribution in [0.2, 0.25) is 0 Å². The summed E-state index contributed by atoms with van der Waals surface area (Å²) in [6.45, 7) is 9.10. The van der Waals surface area contributed by atoms with Crippen molar-refractivity contribution in [3.05, 3.63) is 75.3 Å². The zero-order chi connectivity index (χ0) is 18.4. The van der Waals surface area contributed by atoms with Crippen molar-refractivity contribution in [1.82, 2.24) is 0 Å². The summed E-state index contributed by atoms with van der Waals surface area (Å²) >= 11 is 0. The highest BCUT2D eigenvalue weighted by atomic mass is 16.5. The maximum atomic E-state index is 13.0. The van der Waals surface area contributed by atoms with Crippen LogP contribution in [0.5, 0.6) is 5.75 Å². The number of hydrogen-bond donors (Lipinski definition) is 0. The van der Waals surface area contributed by atoms with Gasteiger partial charge in [-0.2, -0.15) is 0 Å². The van der Waals surface area contributed by atoms with E-state index in [4.69, 9.17) is 9.47 Å². The van der Waals surface area contributed by atoms with Crippen LogP contribution in [-0.4, -0.2) is 5.97 Å². The van der Waals surface area contributed by atoms with Crippen LogP contribution in [0.1, 0.15) is 43.7 Å². The third kappa shape index (κ3) is 2.60. The number of benzene rings is 3. The lowest BCUT2D eigenvalue weighted by Crippen LogP contribution is -2.14. The first-order valence-corrected chi connectivity index (χ1v) is 8.88. The maximum Gasteiger partial charge on any atom is 0.344 e. The highest BCUT2D eigenvalue weighted by Crippen LogP contribution is 2.40. The predicted octanol–water partition coefficient (Wildman–Crippen LogP) is 5.32. The minimum Gasteiger partial charge on any atom is -0.422 e. The molecule has 26 heavy (non-hydrogen) atoms. The van der Waals surface area contributed by atoms with Gasteiger partial charge < -0.3 is 9.47 Å². The van der Waals surface area contributed by atoms with Crippen LogP contribution in [0.25, 0.3) is 10.8 Å². The molecule has 0 aromatic heterocycles. The normalized spacial score (nSPS) is 13.1. The van der Waals surface area contributed by atoms with E-state index in [1.807, 2.05) is 51.1 Å². The summed E-state index contributed by atoms with van der Waals surface area (Å²) in [4.78, 5) is 13.0. The first-order chi connectivity index (χ1) is 12.5. The van der Waals surface area contributed by atoms with E-state index in [0.717, 1.165) is 38.6 Å². The lowest BCUT2D eigenvalue weighted by molar-refractivity contribution is 0.0730. The second kappa shape index (κ2) is 6.26. The number of esters is 1. The van der Waals surface area contributed by atoms with Gasteiger partial charge in [0.25, 0.3) is 0 Å². The Bertz CT molecular complexity index is 1020. The van der Waals surface area contributed by atoms with Crippen LogP contribution < -0.4 is 4.74 Å².